The number of nitrogens with zero attached hydrogens (tertiary/aromatic N) is 2. The quantitative estimate of drug-likeness (QED) is 0.888. The molecule has 0 saturated heterocycles. The standard InChI is InChI=1S/C12H15FN2O3/c1-12(2,3)15(7-10(16)17)11(18)8-4-9(13)6-14-5-8/h4-6H,7H2,1-3H3,(H,16,17). The van der Waals surface area contributed by atoms with Crippen molar-refractivity contribution in [2.75, 3.05) is 6.54 Å². The zero-order chi connectivity index (χ0) is 13.9. The molecule has 6 heteroatoms. The lowest BCUT2D eigenvalue weighted by atomic mass is 10.0. The molecule has 0 saturated carbocycles. The number of pyridine rings is 1. The number of hydrogen-bond acceptors (Lipinski definition) is 3. The van der Waals surface area contributed by atoms with Crippen LogP contribution in [0.4, 0.5) is 4.39 Å². The Labute approximate surface area is 104 Å². The largest absolute Gasteiger partial charge is 0.480 e. The average Bonchev–Trinajstić information content (AvgIpc) is 2.23. The summed E-state index contributed by atoms with van der Waals surface area (Å²) >= 11 is 0. The van der Waals surface area contributed by atoms with Gasteiger partial charge in [-0.2, -0.15) is 0 Å². The fourth-order valence-corrected chi connectivity index (χ4v) is 1.43. The first-order valence-corrected chi connectivity index (χ1v) is 5.36. The van der Waals surface area contributed by atoms with Gasteiger partial charge in [0.05, 0.1) is 11.8 Å². The monoisotopic (exact) mass is 254 g/mol. The van der Waals surface area contributed by atoms with E-state index in [9.17, 15) is 14.0 Å². The van der Waals surface area contributed by atoms with E-state index in [-0.39, 0.29) is 5.56 Å². The topological polar surface area (TPSA) is 70.5 Å². The van der Waals surface area contributed by atoms with Gasteiger partial charge in [0.1, 0.15) is 12.4 Å². The van der Waals surface area contributed by atoms with E-state index < -0.39 is 29.8 Å². The minimum absolute atomic E-state index is 0.0335. The van der Waals surface area contributed by atoms with E-state index in [0.717, 1.165) is 17.2 Å². The highest BCUT2D eigenvalue weighted by Crippen LogP contribution is 2.17. The van der Waals surface area contributed by atoms with E-state index in [1.807, 2.05) is 0 Å². The van der Waals surface area contributed by atoms with Crippen LogP contribution in [0.5, 0.6) is 0 Å². The molecule has 5 nitrogen and oxygen atoms in total. The molecule has 1 heterocycles. The molecule has 0 unspecified atom stereocenters. The van der Waals surface area contributed by atoms with Gasteiger partial charge in [-0.15, -0.1) is 0 Å². The number of amides is 1. The second-order valence-electron chi connectivity index (χ2n) is 4.85. The van der Waals surface area contributed by atoms with Crippen molar-refractivity contribution in [2.45, 2.75) is 26.3 Å². The average molecular weight is 254 g/mol. The highest BCUT2D eigenvalue weighted by Gasteiger charge is 2.29. The van der Waals surface area contributed by atoms with Crippen molar-refractivity contribution in [3.05, 3.63) is 29.8 Å². The zero-order valence-corrected chi connectivity index (χ0v) is 10.5. The fourth-order valence-electron chi connectivity index (χ4n) is 1.43. The third-order valence-corrected chi connectivity index (χ3v) is 2.30. The van der Waals surface area contributed by atoms with E-state index in [1.54, 1.807) is 20.8 Å². The molecule has 1 aromatic heterocycles. The Bertz CT molecular complexity index is 469. The van der Waals surface area contributed by atoms with Crippen molar-refractivity contribution in [3.8, 4) is 0 Å². The summed E-state index contributed by atoms with van der Waals surface area (Å²) in [6.45, 7) is 4.68. The molecule has 0 aliphatic rings. The first-order valence-electron chi connectivity index (χ1n) is 5.36. The summed E-state index contributed by atoms with van der Waals surface area (Å²) in [5, 5.41) is 8.81. The normalized spacial score (nSPS) is 11.1. The predicted molar refractivity (Wildman–Crippen MR) is 62.6 cm³/mol. The highest BCUT2D eigenvalue weighted by atomic mass is 19.1. The Morgan fingerprint density at radius 3 is 2.44 bits per heavy atom. The van der Waals surface area contributed by atoms with Crippen molar-refractivity contribution in [1.82, 2.24) is 9.88 Å². The minimum Gasteiger partial charge on any atom is -0.480 e. The van der Waals surface area contributed by atoms with Crippen LogP contribution in [-0.2, 0) is 4.79 Å². The molecule has 0 fully saturated rings. The SMILES string of the molecule is CC(C)(C)N(CC(=O)O)C(=O)c1cncc(F)c1. The Morgan fingerprint density at radius 1 is 1.39 bits per heavy atom. The maximum absolute atomic E-state index is 13.0. The minimum atomic E-state index is -1.12. The number of hydrogen-bond donors (Lipinski definition) is 1. The van der Waals surface area contributed by atoms with Crippen LogP contribution < -0.4 is 0 Å². The van der Waals surface area contributed by atoms with Gasteiger partial charge in [0.2, 0.25) is 0 Å². The van der Waals surface area contributed by atoms with Crippen LogP contribution in [0.1, 0.15) is 31.1 Å². The van der Waals surface area contributed by atoms with E-state index in [2.05, 4.69) is 4.98 Å². The molecule has 0 bridgehead atoms. The fraction of sp³-hybridized carbons (Fsp3) is 0.417. The van der Waals surface area contributed by atoms with Crippen molar-refractivity contribution in [2.24, 2.45) is 0 Å². The molecule has 98 valence electrons. The Kier molecular flexibility index (Phi) is 4.00. The third kappa shape index (κ3) is 3.51. The molecule has 0 radical (unpaired) electrons. The Balaban J connectivity index is 3.06. The van der Waals surface area contributed by atoms with Gasteiger partial charge < -0.3 is 10.0 Å². The summed E-state index contributed by atoms with van der Waals surface area (Å²) in [5.41, 5.74) is -0.645. The van der Waals surface area contributed by atoms with E-state index in [4.69, 9.17) is 5.11 Å². The summed E-state index contributed by atoms with van der Waals surface area (Å²) in [6, 6.07) is 1.04. The number of aliphatic carboxylic acids is 1. The van der Waals surface area contributed by atoms with E-state index >= 15 is 0 Å². The number of carbonyl (C=O) groups is 2. The summed E-state index contributed by atoms with van der Waals surface area (Å²) in [4.78, 5) is 27.6. The predicted octanol–water partition coefficient (Wildman–Crippen LogP) is 1.55. The Hall–Kier alpha value is -1.98. The van der Waals surface area contributed by atoms with Crippen molar-refractivity contribution in [3.63, 3.8) is 0 Å². The lowest BCUT2D eigenvalue weighted by Gasteiger charge is -2.34. The molecule has 18 heavy (non-hydrogen) atoms. The van der Waals surface area contributed by atoms with Crippen molar-refractivity contribution < 1.29 is 19.1 Å². The molecule has 0 aliphatic heterocycles. The van der Waals surface area contributed by atoms with Gasteiger partial charge in [0, 0.05) is 11.7 Å². The molecule has 0 atom stereocenters. The van der Waals surface area contributed by atoms with Gasteiger partial charge in [-0.25, -0.2) is 4.39 Å². The Morgan fingerprint density at radius 2 is 2.00 bits per heavy atom. The smallest absolute Gasteiger partial charge is 0.323 e. The molecule has 0 aromatic carbocycles. The van der Waals surface area contributed by atoms with E-state index in [0.29, 0.717) is 0 Å². The number of aromatic nitrogens is 1. The van der Waals surface area contributed by atoms with Crippen LogP contribution in [0, 0.1) is 5.82 Å². The molecule has 1 rings (SSSR count). The summed E-state index contributed by atoms with van der Waals surface area (Å²) < 4.78 is 13.0. The molecule has 1 aromatic rings. The molecular weight excluding hydrogens is 239 g/mol. The number of carboxylic acid groups (broad SMARTS) is 1. The lowest BCUT2D eigenvalue weighted by Crippen LogP contribution is -2.48. The van der Waals surface area contributed by atoms with Crippen LogP contribution in [0.3, 0.4) is 0 Å². The first kappa shape index (κ1) is 14.1. The van der Waals surface area contributed by atoms with Crippen LogP contribution in [0.15, 0.2) is 18.5 Å². The molecule has 1 amide bonds. The third-order valence-electron chi connectivity index (χ3n) is 2.30. The summed E-state index contributed by atoms with van der Waals surface area (Å²) in [7, 11) is 0. The molecule has 0 aliphatic carbocycles. The van der Waals surface area contributed by atoms with E-state index in [1.165, 1.54) is 6.20 Å². The lowest BCUT2D eigenvalue weighted by molar-refractivity contribution is -0.138. The number of rotatable bonds is 3. The number of carbonyl (C=O) groups excluding carboxylic acids is 1. The van der Waals surface area contributed by atoms with Crippen molar-refractivity contribution >= 4 is 11.9 Å². The molecule has 0 spiro atoms. The van der Waals surface area contributed by atoms with Crippen LogP contribution in [-0.4, -0.2) is 39.0 Å². The van der Waals surface area contributed by atoms with Gasteiger partial charge in [-0.1, -0.05) is 0 Å². The van der Waals surface area contributed by atoms with Gasteiger partial charge in [-0.05, 0) is 26.8 Å². The number of halogens is 1. The second-order valence-corrected chi connectivity index (χ2v) is 4.85. The van der Waals surface area contributed by atoms with Gasteiger partial charge in [0.25, 0.3) is 5.91 Å². The van der Waals surface area contributed by atoms with Crippen LogP contribution in [0.2, 0.25) is 0 Å². The summed E-state index contributed by atoms with van der Waals surface area (Å²) in [5.74, 6) is -2.32. The van der Waals surface area contributed by atoms with Crippen molar-refractivity contribution in [1.29, 1.82) is 0 Å². The van der Waals surface area contributed by atoms with Gasteiger partial charge in [0.15, 0.2) is 0 Å². The zero-order valence-electron chi connectivity index (χ0n) is 10.5. The van der Waals surface area contributed by atoms with Crippen LogP contribution >= 0.6 is 0 Å². The number of carboxylic acids is 1. The first-order chi connectivity index (χ1) is 8.21. The maximum atomic E-state index is 13.0. The summed E-state index contributed by atoms with van der Waals surface area (Å²) in [6.07, 6.45) is 2.20. The molecule has 1 N–H and O–H groups in total. The highest BCUT2D eigenvalue weighted by molar-refractivity contribution is 5.96. The van der Waals surface area contributed by atoms with Gasteiger partial charge in [-0.3, -0.25) is 14.6 Å². The van der Waals surface area contributed by atoms with Crippen LogP contribution in [0.25, 0.3) is 0 Å². The van der Waals surface area contributed by atoms with Gasteiger partial charge >= 0.3 is 5.97 Å². The molecular formula is C12H15FN2O3. The second kappa shape index (κ2) is 5.12. The maximum Gasteiger partial charge on any atom is 0.323 e.